The maximum Gasteiger partial charge on any atom is 0.307 e. The van der Waals surface area contributed by atoms with Crippen LogP contribution >= 0.6 is 0 Å². The summed E-state index contributed by atoms with van der Waals surface area (Å²) in [5.74, 6) is -1.99. The van der Waals surface area contributed by atoms with Crippen molar-refractivity contribution in [2.24, 2.45) is 5.92 Å². The van der Waals surface area contributed by atoms with Gasteiger partial charge in [0.25, 0.3) is 0 Å². The number of hydrogen-bond acceptors (Lipinski definition) is 3. The zero-order valence-corrected chi connectivity index (χ0v) is 18.0. The number of aliphatic carboxylic acids is 1. The number of unbranched alkanes of at least 4 members (excludes halogenated alkanes) is 12. The molecule has 0 saturated carbocycles. The largest absolute Gasteiger partial charge is 0.481 e. The minimum absolute atomic E-state index is 0.0432. The van der Waals surface area contributed by atoms with Crippen molar-refractivity contribution in [1.82, 2.24) is 0 Å². The molecule has 0 aromatic carbocycles. The molecule has 4 nitrogen and oxygen atoms in total. The number of carbonyl (C=O) groups is 2. The van der Waals surface area contributed by atoms with Gasteiger partial charge in [0.1, 0.15) is 6.61 Å². The molecule has 0 aliphatic rings. The van der Waals surface area contributed by atoms with Crippen molar-refractivity contribution in [2.45, 2.75) is 103 Å². The normalized spacial score (nSPS) is 12.2. The number of esters is 1. The molecule has 0 fully saturated rings. The van der Waals surface area contributed by atoms with Gasteiger partial charge in [0, 0.05) is 0 Å². The smallest absolute Gasteiger partial charge is 0.307 e. The van der Waals surface area contributed by atoms with Crippen molar-refractivity contribution in [2.75, 3.05) is 6.61 Å². The summed E-state index contributed by atoms with van der Waals surface area (Å²) in [4.78, 5) is 22.8. The van der Waals surface area contributed by atoms with Gasteiger partial charge >= 0.3 is 11.9 Å². The van der Waals surface area contributed by atoms with Crippen LogP contribution < -0.4 is 0 Å². The predicted molar refractivity (Wildman–Crippen MR) is 116 cm³/mol. The van der Waals surface area contributed by atoms with Crippen molar-refractivity contribution in [3.63, 3.8) is 0 Å². The Morgan fingerprint density at radius 1 is 0.893 bits per heavy atom. The molecule has 162 valence electrons. The van der Waals surface area contributed by atoms with Gasteiger partial charge in [0.05, 0.1) is 12.3 Å². The van der Waals surface area contributed by atoms with Gasteiger partial charge in [0.15, 0.2) is 0 Å². The van der Waals surface area contributed by atoms with E-state index >= 15 is 0 Å². The molecule has 0 bridgehead atoms. The van der Waals surface area contributed by atoms with E-state index in [1.54, 1.807) is 0 Å². The molecule has 0 saturated heterocycles. The van der Waals surface area contributed by atoms with Crippen LogP contribution in [-0.4, -0.2) is 23.7 Å². The summed E-state index contributed by atoms with van der Waals surface area (Å²) < 4.78 is 4.88. The second-order valence-electron chi connectivity index (χ2n) is 7.60. The maximum atomic E-state index is 11.5. The van der Waals surface area contributed by atoms with E-state index in [2.05, 4.69) is 25.7 Å². The lowest BCUT2D eigenvalue weighted by molar-refractivity contribution is -0.151. The molecule has 0 amide bonds. The molecule has 0 radical (unpaired) electrons. The van der Waals surface area contributed by atoms with Crippen LogP contribution in [0, 0.1) is 5.92 Å². The van der Waals surface area contributed by atoms with Crippen molar-refractivity contribution >= 4 is 11.9 Å². The summed E-state index contributed by atoms with van der Waals surface area (Å²) in [5.41, 5.74) is 0. The third kappa shape index (κ3) is 17.8. The highest BCUT2D eigenvalue weighted by atomic mass is 16.5. The number of carboxylic acids is 1. The number of ether oxygens (including phenoxy) is 1. The molecule has 1 atom stereocenters. The SMILES string of the molecule is C=CCOC(=O)CC(CCCCCCCCCCCCCC/C=C/C)C(=O)O. The minimum atomic E-state index is -0.905. The van der Waals surface area contributed by atoms with Crippen LogP contribution in [0.25, 0.3) is 0 Å². The minimum Gasteiger partial charge on any atom is -0.481 e. The number of rotatable bonds is 20. The Bertz CT molecular complexity index is 428. The Balaban J connectivity index is 3.48. The quantitative estimate of drug-likeness (QED) is 0.139. The van der Waals surface area contributed by atoms with Gasteiger partial charge in [-0.3, -0.25) is 9.59 Å². The van der Waals surface area contributed by atoms with Crippen LogP contribution in [0.5, 0.6) is 0 Å². The molecule has 0 heterocycles. The Kier molecular flexibility index (Phi) is 19.0. The summed E-state index contributed by atoms with van der Waals surface area (Å²) in [5, 5.41) is 9.23. The summed E-state index contributed by atoms with van der Waals surface area (Å²) in [6.07, 6.45) is 22.6. The second-order valence-corrected chi connectivity index (χ2v) is 7.60. The van der Waals surface area contributed by atoms with E-state index in [0.29, 0.717) is 6.42 Å². The molecular formula is C24H42O4. The van der Waals surface area contributed by atoms with Gasteiger partial charge < -0.3 is 9.84 Å². The first kappa shape index (κ1) is 26.4. The third-order valence-electron chi connectivity index (χ3n) is 5.03. The molecule has 0 spiro atoms. The fourth-order valence-electron chi connectivity index (χ4n) is 3.31. The van der Waals surface area contributed by atoms with E-state index < -0.39 is 17.9 Å². The standard InChI is InChI=1S/C24H42O4/c1-3-5-6-7-8-9-10-11-12-13-14-15-16-17-18-19-22(24(26)27)21-23(25)28-20-4-2/h3-5,22H,2,6-21H2,1H3,(H,26,27)/b5-3+. The zero-order chi connectivity index (χ0) is 20.9. The van der Waals surface area contributed by atoms with Crippen molar-refractivity contribution in [1.29, 1.82) is 0 Å². The van der Waals surface area contributed by atoms with E-state index in [4.69, 9.17) is 4.74 Å². The molecule has 4 heteroatoms. The molecular weight excluding hydrogens is 352 g/mol. The van der Waals surface area contributed by atoms with Crippen LogP contribution in [-0.2, 0) is 14.3 Å². The number of allylic oxidation sites excluding steroid dienone is 2. The monoisotopic (exact) mass is 394 g/mol. The van der Waals surface area contributed by atoms with E-state index in [0.717, 1.165) is 19.3 Å². The van der Waals surface area contributed by atoms with E-state index in [1.165, 1.54) is 70.3 Å². The molecule has 0 aliphatic heterocycles. The molecule has 1 unspecified atom stereocenters. The van der Waals surface area contributed by atoms with Gasteiger partial charge in [-0.05, 0) is 26.2 Å². The lowest BCUT2D eigenvalue weighted by Crippen LogP contribution is -2.19. The van der Waals surface area contributed by atoms with Crippen LogP contribution in [0.3, 0.4) is 0 Å². The lowest BCUT2D eigenvalue weighted by atomic mass is 9.97. The Morgan fingerprint density at radius 2 is 1.39 bits per heavy atom. The fourth-order valence-corrected chi connectivity index (χ4v) is 3.31. The first-order chi connectivity index (χ1) is 13.6. The predicted octanol–water partition coefficient (Wildman–Crippen LogP) is 6.84. The van der Waals surface area contributed by atoms with Crippen molar-refractivity contribution in [3.8, 4) is 0 Å². The summed E-state index contributed by atoms with van der Waals surface area (Å²) >= 11 is 0. The van der Waals surface area contributed by atoms with Crippen LogP contribution in [0.2, 0.25) is 0 Å². The molecule has 0 rings (SSSR count). The fraction of sp³-hybridized carbons (Fsp3) is 0.750. The Morgan fingerprint density at radius 3 is 1.86 bits per heavy atom. The molecule has 0 aromatic rings. The Labute approximate surface area is 172 Å². The number of carbonyl (C=O) groups excluding carboxylic acids is 1. The van der Waals surface area contributed by atoms with Crippen molar-refractivity contribution < 1.29 is 19.4 Å². The van der Waals surface area contributed by atoms with Crippen LogP contribution in [0.1, 0.15) is 103 Å². The maximum absolute atomic E-state index is 11.5. The van der Waals surface area contributed by atoms with E-state index in [9.17, 15) is 14.7 Å². The van der Waals surface area contributed by atoms with Crippen molar-refractivity contribution in [3.05, 3.63) is 24.8 Å². The van der Waals surface area contributed by atoms with Crippen LogP contribution in [0.15, 0.2) is 24.8 Å². The highest BCUT2D eigenvalue weighted by Gasteiger charge is 2.21. The van der Waals surface area contributed by atoms with E-state index in [1.807, 2.05) is 0 Å². The highest BCUT2D eigenvalue weighted by molar-refractivity contribution is 5.78. The topological polar surface area (TPSA) is 63.6 Å². The summed E-state index contributed by atoms with van der Waals surface area (Å²) in [7, 11) is 0. The third-order valence-corrected chi connectivity index (χ3v) is 5.03. The van der Waals surface area contributed by atoms with Gasteiger partial charge in [-0.2, -0.15) is 0 Å². The highest BCUT2D eigenvalue weighted by Crippen LogP contribution is 2.17. The lowest BCUT2D eigenvalue weighted by Gasteiger charge is -2.11. The molecule has 28 heavy (non-hydrogen) atoms. The molecule has 0 aromatic heterocycles. The number of hydrogen-bond donors (Lipinski definition) is 1. The summed E-state index contributed by atoms with van der Waals surface area (Å²) in [6, 6.07) is 0. The molecule has 0 aliphatic carbocycles. The van der Waals surface area contributed by atoms with Crippen LogP contribution in [0.4, 0.5) is 0 Å². The second kappa shape index (κ2) is 20.2. The van der Waals surface area contributed by atoms with Gasteiger partial charge in [-0.1, -0.05) is 95.4 Å². The van der Waals surface area contributed by atoms with Gasteiger partial charge in [0.2, 0.25) is 0 Å². The van der Waals surface area contributed by atoms with E-state index in [-0.39, 0.29) is 13.0 Å². The molecule has 1 N–H and O–H groups in total. The van der Waals surface area contributed by atoms with Gasteiger partial charge in [-0.25, -0.2) is 0 Å². The first-order valence-corrected chi connectivity index (χ1v) is 11.2. The summed E-state index contributed by atoms with van der Waals surface area (Å²) in [6.45, 7) is 5.69. The Hall–Kier alpha value is -1.58. The van der Waals surface area contributed by atoms with Gasteiger partial charge in [-0.15, -0.1) is 0 Å². The zero-order valence-electron chi connectivity index (χ0n) is 18.0. The first-order valence-electron chi connectivity index (χ1n) is 11.2. The average molecular weight is 395 g/mol. The average Bonchev–Trinajstić information content (AvgIpc) is 2.68. The number of carboxylic acid groups (broad SMARTS) is 1.